The van der Waals surface area contributed by atoms with Gasteiger partial charge in [-0.3, -0.25) is 14.4 Å². The Morgan fingerprint density at radius 1 is 0.919 bits per heavy atom. The average molecular weight is 508 g/mol. The second-order valence-corrected chi connectivity index (χ2v) is 9.27. The summed E-state index contributed by atoms with van der Waals surface area (Å²) in [6, 6.07) is 13.8. The number of benzene rings is 2. The van der Waals surface area contributed by atoms with Crippen molar-refractivity contribution >= 4 is 34.6 Å². The van der Waals surface area contributed by atoms with Crippen LogP contribution >= 0.6 is 0 Å². The number of hydrogen-bond acceptors (Lipinski definition) is 5. The normalized spacial score (nSPS) is 13.5. The number of carboxylic acid groups (broad SMARTS) is 1. The van der Waals surface area contributed by atoms with Crippen molar-refractivity contribution in [2.24, 2.45) is 11.7 Å². The number of aromatic nitrogens is 1. The van der Waals surface area contributed by atoms with E-state index < -0.39 is 48.4 Å². The van der Waals surface area contributed by atoms with Crippen LogP contribution in [0.25, 0.3) is 10.9 Å². The topological polar surface area (TPSA) is 166 Å². The lowest BCUT2D eigenvalue weighted by Crippen LogP contribution is -2.55. The minimum atomic E-state index is -1.19. The molecule has 3 amide bonds. The van der Waals surface area contributed by atoms with Crippen LogP contribution in [0, 0.1) is 5.92 Å². The van der Waals surface area contributed by atoms with Crippen molar-refractivity contribution in [3.8, 4) is 0 Å². The van der Waals surface area contributed by atoms with Gasteiger partial charge in [-0.25, -0.2) is 4.79 Å². The monoisotopic (exact) mass is 507 g/mol. The molecule has 1 aromatic heterocycles. The molecule has 0 saturated heterocycles. The first-order chi connectivity index (χ1) is 17.7. The lowest BCUT2D eigenvalue weighted by Gasteiger charge is -2.23. The number of H-pyrrole nitrogens is 1. The van der Waals surface area contributed by atoms with Gasteiger partial charge in [0.05, 0.1) is 12.6 Å². The van der Waals surface area contributed by atoms with E-state index in [1.807, 2.05) is 54.6 Å². The molecule has 0 aliphatic carbocycles. The Hall–Kier alpha value is -4.18. The SMILES string of the molecule is CC(C)C(NC(=O)C(N)Cc1ccccc1)C(=O)NCC(=O)NC(Cc1c[nH]c2ccccc12)C(=O)O. The lowest BCUT2D eigenvalue weighted by molar-refractivity contribution is -0.141. The van der Waals surface area contributed by atoms with Gasteiger partial charge < -0.3 is 31.8 Å². The van der Waals surface area contributed by atoms with Crippen LogP contribution in [0.2, 0.25) is 0 Å². The Balaban J connectivity index is 1.53. The Kier molecular flexibility index (Phi) is 9.39. The largest absolute Gasteiger partial charge is 0.480 e. The predicted molar refractivity (Wildman–Crippen MR) is 139 cm³/mol. The van der Waals surface area contributed by atoms with Crippen LogP contribution in [0.4, 0.5) is 0 Å². The smallest absolute Gasteiger partial charge is 0.326 e. The Labute approximate surface area is 215 Å². The number of rotatable bonds is 12. The number of amides is 3. The van der Waals surface area contributed by atoms with E-state index in [0.717, 1.165) is 22.0 Å². The number of nitrogens with one attached hydrogen (secondary N) is 4. The fourth-order valence-corrected chi connectivity index (χ4v) is 4.00. The minimum Gasteiger partial charge on any atom is -0.480 e. The van der Waals surface area contributed by atoms with E-state index >= 15 is 0 Å². The van der Waals surface area contributed by atoms with Gasteiger partial charge in [-0.05, 0) is 29.5 Å². The summed E-state index contributed by atoms with van der Waals surface area (Å²) in [7, 11) is 0. The fraction of sp³-hybridized carbons (Fsp3) is 0.333. The molecule has 3 rings (SSSR count). The third-order valence-corrected chi connectivity index (χ3v) is 6.04. The summed E-state index contributed by atoms with van der Waals surface area (Å²) in [4.78, 5) is 52.7. The molecule has 0 aliphatic rings. The zero-order valence-corrected chi connectivity index (χ0v) is 20.9. The molecule has 10 nitrogen and oxygen atoms in total. The molecule has 196 valence electrons. The van der Waals surface area contributed by atoms with Crippen LogP contribution in [-0.4, -0.2) is 58.5 Å². The first-order valence-electron chi connectivity index (χ1n) is 12.1. The highest BCUT2D eigenvalue weighted by atomic mass is 16.4. The van der Waals surface area contributed by atoms with Crippen molar-refractivity contribution in [2.45, 2.75) is 44.8 Å². The molecule has 37 heavy (non-hydrogen) atoms. The molecule has 3 atom stereocenters. The second-order valence-electron chi connectivity index (χ2n) is 9.27. The predicted octanol–water partition coefficient (Wildman–Crippen LogP) is 1.11. The van der Waals surface area contributed by atoms with Crippen LogP contribution in [-0.2, 0) is 32.0 Å². The van der Waals surface area contributed by atoms with Crippen LogP contribution in [0.5, 0.6) is 0 Å². The summed E-state index contributed by atoms with van der Waals surface area (Å²) in [6.45, 7) is 3.08. The molecule has 0 radical (unpaired) electrons. The van der Waals surface area contributed by atoms with E-state index in [4.69, 9.17) is 5.73 Å². The Morgan fingerprint density at radius 2 is 1.59 bits per heavy atom. The molecule has 7 N–H and O–H groups in total. The number of hydrogen-bond donors (Lipinski definition) is 6. The zero-order chi connectivity index (χ0) is 26.9. The average Bonchev–Trinajstić information content (AvgIpc) is 3.28. The van der Waals surface area contributed by atoms with Gasteiger partial charge in [0, 0.05) is 23.5 Å². The van der Waals surface area contributed by atoms with E-state index in [-0.39, 0.29) is 12.3 Å². The molecule has 10 heteroatoms. The van der Waals surface area contributed by atoms with Crippen molar-refractivity contribution in [3.63, 3.8) is 0 Å². The maximum Gasteiger partial charge on any atom is 0.326 e. The minimum absolute atomic E-state index is 0.0724. The number of nitrogens with two attached hydrogens (primary N) is 1. The van der Waals surface area contributed by atoms with Crippen molar-refractivity contribution in [1.29, 1.82) is 0 Å². The molecule has 3 aromatic rings. The fourth-order valence-electron chi connectivity index (χ4n) is 4.00. The maximum absolute atomic E-state index is 12.8. The van der Waals surface area contributed by atoms with Gasteiger partial charge in [0.1, 0.15) is 12.1 Å². The molecule has 3 unspecified atom stereocenters. The van der Waals surface area contributed by atoms with E-state index in [2.05, 4.69) is 20.9 Å². The van der Waals surface area contributed by atoms with Crippen LogP contribution in [0.15, 0.2) is 60.8 Å². The molecular formula is C27H33N5O5. The van der Waals surface area contributed by atoms with Gasteiger partial charge in [-0.2, -0.15) is 0 Å². The van der Waals surface area contributed by atoms with Gasteiger partial charge in [0.2, 0.25) is 17.7 Å². The van der Waals surface area contributed by atoms with Gasteiger partial charge in [-0.1, -0.05) is 62.4 Å². The molecular weight excluding hydrogens is 474 g/mol. The number of aliphatic carboxylic acids is 1. The summed E-state index contributed by atoms with van der Waals surface area (Å²) in [5.41, 5.74) is 8.54. The van der Waals surface area contributed by atoms with E-state index in [1.165, 1.54) is 0 Å². The number of fused-ring (bicyclic) bond motifs is 1. The number of carboxylic acids is 1. The molecule has 0 bridgehead atoms. The van der Waals surface area contributed by atoms with Crippen LogP contribution in [0.3, 0.4) is 0 Å². The highest BCUT2D eigenvalue weighted by molar-refractivity contribution is 5.93. The summed E-state index contributed by atoms with van der Waals surface area (Å²) in [5, 5.41) is 18.1. The highest BCUT2D eigenvalue weighted by Gasteiger charge is 2.28. The van der Waals surface area contributed by atoms with Crippen molar-refractivity contribution in [2.75, 3.05) is 6.54 Å². The highest BCUT2D eigenvalue weighted by Crippen LogP contribution is 2.19. The molecule has 0 fully saturated rings. The number of para-hydroxylation sites is 1. The number of carbonyl (C=O) groups is 4. The van der Waals surface area contributed by atoms with Gasteiger partial charge in [0.15, 0.2) is 0 Å². The van der Waals surface area contributed by atoms with Crippen molar-refractivity contribution in [3.05, 3.63) is 71.9 Å². The molecule has 0 spiro atoms. The maximum atomic E-state index is 12.8. The summed E-state index contributed by atoms with van der Waals surface area (Å²) in [5.74, 6) is -3.16. The Bertz CT molecular complexity index is 1240. The quantitative estimate of drug-likeness (QED) is 0.215. The molecule has 1 heterocycles. The van der Waals surface area contributed by atoms with Crippen LogP contribution in [0.1, 0.15) is 25.0 Å². The summed E-state index contributed by atoms with van der Waals surface area (Å²) < 4.78 is 0. The second kappa shape index (κ2) is 12.7. The van der Waals surface area contributed by atoms with Gasteiger partial charge in [-0.15, -0.1) is 0 Å². The Morgan fingerprint density at radius 3 is 2.27 bits per heavy atom. The number of carbonyl (C=O) groups excluding carboxylic acids is 3. The third-order valence-electron chi connectivity index (χ3n) is 6.04. The third kappa shape index (κ3) is 7.65. The van der Waals surface area contributed by atoms with Crippen molar-refractivity contribution in [1.82, 2.24) is 20.9 Å². The summed E-state index contributed by atoms with van der Waals surface area (Å²) in [6.07, 6.45) is 2.10. The van der Waals surface area contributed by atoms with E-state index in [1.54, 1.807) is 20.0 Å². The van der Waals surface area contributed by atoms with Gasteiger partial charge >= 0.3 is 5.97 Å². The lowest BCUT2D eigenvalue weighted by atomic mass is 10.0. The van der Waals surface area contributed by atoms with E-state index in [0.29, 0.717) is 6.42 Å². The van der Waals surface area contributed by atoms with Crippen molar-refractivity contribution < 1.29 is 24.3 Å². The first kappa shape index (κ1) is 27.4. The first-order valence-corrected chi connectivity index (χ1v) is 12.1. The molecule has 0 saturated carbocycles. The summed E-state index contributed by atoms with van der Waals surface area (Å²) >= 11 is 0. The van der Waals surface area contributed by atoms with E-state index in [9.17, 15) is 24.3 Å². The van der Waals surface area contributed by atoms with Crippen LogP contribution < -0.4 is 21.7 Å². The number of aromatic amines is 1. The molecule has 2 aromatic carbocycles. The van der Waals surface area contributed by atoms with Gasteiger partial charge in [0.25, 0.3) is 0 Å². The standard InChI is InChI=1S/C27H33N5O5/c1-16(2)24(32-25(34)20(28)12-17-8-4-3-5-9-17)26(35)30-15-23(33)31-22(27(36)37)13-18-14-29-21-11-7-6-10-19(18)21/h3-11,14,16,20,22,24,29H,12-13,15,28H2,1-2H3,(H,30,35)(H,31,33)(H,32,34)(H,36,37). The molecule has 0 aliphatic heterocycles. The zero-order valence-electron chi connectivity index (χ0n) is 20.9.